The summed E-state index contributed by atoms with van der Waals surface area (Å²) < 4.78 is 0. The van der Waals surface area contributed by atoms with Crippen molar-refractivity contribution in [1.29, 1.82) is 0 Å². The van der Waals surface area contributed by atoms with Gasteiger partial charge < -0.3 is 5.32 Å². The van der Waals surface area contributed by atoms with Crippen molar-refractivity contribution in [3.63, 3.8) is 0 Å². The largest absolute Gasteiger partial charge is 0.314 e. The third-order valence-corrected chi connectivity index (χ3v) is 3.23. The van der Waals surface area contributed by atoms with Crippen LogP contribution >= 0.6 is 0 Å². The normalized spacial score (nSPS) is 19.6. The molecular formula is C13H21N3. The van der Waals surface area contributed by atoms with Crippen molar-refractivity contribution in [1.82, 2.24) is 15.2 Å². The predicted molar refractivity (Wildman–Crippen MR) is 66.4 cm³/mol. The number of hydrogen-bond acceptors (Lipinski definition) is 3. The molecule has 1 aliphatic heterocycles. The SMILES string of the molecule is CC[C@@H](c1cccc(C)n1)N1CCNCC1. The molecule has 1 atom stereocenters. The van der Waals surface area contributed by atoms with Crippen LogP contribution in [0.3, 0.4) is 0 Å². The van der Waals surface area contributed by atoms with Gasteiger partial charge in [0.2, 0.25) is 0 Å². The maximum Gasteiger partial charge on any atom is 0.0578 e. The van der Waals surface area contributed by atoms with Crippen LogP contribution in [-0.4, -0.2) is 36.1 Å². The Kier molecular flexibility index (Phi) is 3.91. The maximum absolute atomic E-state index is 4.66. The van der Waals surface area contributed by atoms with Crippen molar-refractivity contribution >= 4 is 0 Å². The molecule has 88 valence electrons. The fourth-order valence-corrected chi connectivity index (χ4v) is 2.40. The number of nitrogens with one attached hydrogen (secondary N) is 1. The number of hydrogen-bond donors (Lipinski definition) is 1. The zero-order valence-corrected chi connectivity index (χ0v) is 10.2. The first-order valence-electron chi connectivity index (χ1n) is 6.19. The van der Waals surface area contributed by atoms with Gasteiger partial charge in [-0.3, -0.25) is 9.88 Å². The third-order valence-electron chi connectivity index (χ3n) is 3.23. The van der Waals surface area contributed by atoms with Crippen molar-refractivity contribution in [3.05, 3.63) is 29.6 Å². The van der Waals surface area contributed by atoms with E-state index in [4.69, 9.17) is 0 Å². The lowest BCUT2D eigenvalue weighted by atomic mass is 10.1. The van der Waals surface area contributed by atoms with E-state index in [-0.39, 0.29) is 0 Å². The van der Waals surface area contributed by atoms with E-state index in [2.05, 4.69) is 47.2 Å². The molecule has 0 spiro atoms. The Labute approximate surface area is 97.9 Å². The van der Waals surface area contributed by atoms with Gasteiger partial charge in [0, 0.05) is 31.9 Å². The van der Waals surface area contributed by atoms with Gasteiger partial charge in [-0.25, -0.2) is 0 Å². The van der Waals surface area contributed by atoms with Gasteiger partial charge in [-0.15, -0.1) is 0 Å². The molecule has 1 saturated heterocycles. The summed E-state index contributed by atoms with van der Waals surface area (Å²) in [6.07, 6.45) is 1.14. The van der Waals surface area contributed by atoms with Crippen LogP contribution < -0.4 is 5.32 Å². The average Bonchev–Trinajstić information content (AvgIpc) is 2.31. The van der Waals surface area contributed by atoms with Crippen molar-refractivity contribution in [3.8, 4) is 0 Å². The second-order valence-corrected chi connectivity index (χ2v) is 4.41. The summed E-state index contributed by atoms with van der Waals surface area (Å²) in [7, 11) is 0. The molecule has 16 heavy (non-hydrogen) atoms. The topological polar surface area (TPSA) is 28.2 Å². The van der Waals surface area contributed by atoms with Gasteiger partial charge in [0.05, 0.1) is 11.7 Å². The molecule has 2 rings (SSSR count). The first kappa shape index (κ1) is 11.6. The number of piperazine rings is 1. The molecule has 0 bridgehead atoms. The van der Waals surface area contributed by atoms with E-state index in [1.807, 2.05) is 0 Å². The third kappa shape index (κ3) is 2.60. The number of rotatable bonds is 3. The molecule has 0 radical (unpaired) electrons. The van der Waals surface area contributed by atoms with Crippen LogP contribution in [0.1, 0.15) is 30.8 Å². The van der Waals surface area contributed by atoms with E-state index in [1.165, 1.54) is 5.69 Å². The van der Waals surface area contributed by atoms with Crippen LogP contribution in [0.2, 0.25) is 0 Å². The number of aryl methyl sites for hydroxylation is 1. The molecule has 1 N–H and O–H groups in total. The van der Waals surface area contributed by atoms with Crippen molar-refractivity contribution in [2.45, 2.75) is 26.3 Å². The van der Waals surface area contributed by atoms with Gasteiger partial charge in [-0.05, 0) is 25.5 Å². The van der Waals surface area contributed by atoms with Crippen molar-refractivity contribution < 1.29 is 0 Å². The van der Waals surface area contributed by atoms with Crippen molar-refractivity contribution in [2.24, 2.45) is 0 Å². The highest BCUT2D eigenvalue weighted by molar-refractivity contribution is 5.13. The fourth-order valence-electron chi connectivity index (χ4n) is 2.40. The summed E-state index contributed by atoms with van der Waals surface area (Å²) in [5.74, 6) is 0. The second-order valence-electron chi connectivity index (χ2n) is 4.41. The minimum absolute atomic E-state index is 0.488. The summed E-state index contributed by atoms with van der Waals surface area (Å²) in [5, 5.41) is 3.39. The molecule has 0 unspecified atom stereocenters. The first-order valence-corrected chi connectivity index (χ1v) is 6.19. The van der Waals surface area contributed by atoms with Gasteiger partial charge in [-0.2, -0.15) is 0 Å². The van der Waals surface area contributed by atoms with E-state index in [1.54, 1.807) is 0 Å². The molecule has 0 aliphatic carbocycles. The maximum atomic E-state index is 4.66. The van der Waals surface area contributed by atoms with E-state index in [0.717, 1.165) is 38.3 Å². The molecule has 0 saturated carbocycles. The minimum atomic E-state index is 0.488. The standard InChI is InChI=1S/C13H21N3/c1-3-13(16-9-7-14-8-10-16)12-6-4-5-11(2)15-12/h4-6,13-14H,3,7-10H2,1-2H3/t13-/m0/s1. The van der Waals surface area contributed by atoms with Crippen LogP contribution in [0.5, 0.6) is 0 Å². The summed E-state index contributed by atoms with van der Waals surface area (Å²) in [4.78, 5) is 7.20. The van der Waals surface area contributed by atoms with E-state index < -0.39 is 0 Å². The quantitative estimate of drug-likeness (QED) is 0.839. The smallest absolute Gasteiger partial charge is 0.0578 e. The Hall–Kier alpha value is -0.930. The summed E-state index contributed by atoms with van der Waals surface area (Å²) in [6.45, 7) is 8.78. The zero-order valence-electron chi connectivity index (χ0n) is 10.2. The summed E-state index contributed by atoms with van der Waals surface area (Å²) in [6, 6.07) is 6.82. The zero-order chi connectivity index (χ0) is 11.4. The lowest BCUT2D eigenvalue weighted by Crippen LogP contribution is -2.45. The van der Waals surface area contributed by atoms with Crippen LogP contribution in [-0.2, 0) is 0 Å². The number of nitrogens with zero attached hydrogens (tertiary/aromatic N) is 2. The first-order chi connectivity index (χ1) is 7.81. The molecule has 2 heterocycles. The van der Waals surface area contributed by atoms with Crippen molar-refractivity contribution in [2.75, 3.05) is 26.2 Å². The Bertz CT molecular complexity index is 332. The molecule has 1 fully saturated rings. The Morgan fingerprint density at radius 2 is 2.12 bits per heavy atom. The van der Waals surface area contributed by atoms with Gasteiger partial charge in [0.1, 0.15) is 0 Å². The average molecular weight is 219 g/mol. The molecular weight excluding hydrogens is 198 g/mol. The Morgan fingerprint density at radius 3 is 2.75 bits per heavy atom. The highest BCUT2D eigenvalue weighted by Gasteiger charge is 2.21. The fraction of sp³-hybridized carbons (Fsp3) is 0.615. The number of pyridine rings is 1. The molecule has 1 aromatic rings. The molecule has 3 heteroatoms. The van der Waals surface area contributed by atoms with E-state index in [9.17, 15) is 0 Å². The van der Waals surface area contributed by atoms with E-state index >= 15 is 0 Å². The van der Waals surface area contributed by atoms with Gasteiger partial charge >= 0.3 is 0 Å². The van der Waals surface area contributed by atoms with Crippen LogP contribution in [0, 0.1) is 6.92 Å². The van der Waals surface area contributed by atoms with Gasteiger partial charge in [0.25, 0.3) is 0 Å². The number of aromatic nitrogens is 1. The van der Waals surface area contributed by atoms with Gasteiger partial charge in [-0.1, -0.05) is 13.0 Å². The Morgan fingerprint density at radius 1 is 1.38 bits per heavy atom. The molecule has 0 amide bonds. The minimum Gasteiger partial charge on any atom is -0.314 e. The molecule has 3 nitrogen and oxygen atoms in total. The second kappa shape index (κ2) is 5.41. The van der Waals surface area contributed by atoms with Crippen LogP contribution in [0.4, 0.5) is 0 Å². The van der Waals surface area contributed by atoms with Crippen LogP contribution in [0.15, 0.2) is 18.2 Å². The predicted octanol–water partition coefficient (Wildman–Crippen LogP) is 1.75. The summed E-state index contributed by atoms with van der Waals surface area (Å²) >= 11 is 0. The van der Waals surface area contributed by atoms with Gasteiger partial charge in [0.15, 0.2) is 0 Å². The highest BCUT2D eigenvalue weighted by Crippen LogP contribution is 2.22. The summed E-state index contributed by atoms with van der Waals surface area (Å²) in [5.41, 5.74) is 2.34. The van der Waals surface area contributed by atoms with Crippen LogP contribution in [0.25, 0.3) is 0 Å². The lowest BCUT2D eigenvalue weighted by molar-refractivity contribution is 0.166. The van der Waals surface area contributed by atoms with E-state index in [0.29, 0.717) is 6.04 Å². The lowest BCUT2D eigenvalue weighted by Gasteiger charge is -2.34. The highest BCUT2D eigenvalue weighted by atomic mass is 15.2. The Balaban J connectivity index is 2.14. The molecule has 1 aliphatic rings. The molecule has 1 aromatic heterocycles. The monoisotopic (exact) mass is 219 g/mol. The molecule has 0 aromatic carbocycles.